The van der Waals surface area contributed by atoms with Gasteiger partial charge in [-0.2, -0.15) is 0 Å². The van der Waals surface area contributed by atoms with E-state index in [1.165, 1.54) is 6.42 Å². The molecular formula is C25H45NO6. The van der Waals surface area contributed by atoms with Gasteiger partial charge < -0.3 is 29.0 Å². The van der Waals surface area contributed by atoms with E-state index < -0.39 is 18.1 Å². The summed E-state index contributed by atoms with van der Waals surface area (Å²) >= 11 is 0. The van der Waals surface area contributed by atoms with E-state index in [4.69, 9.17) is 9.47 Å². The Labute approximate surface area is 194 Å². The van der Waals surface area contributed by atoms with E-state index in [1.54, 1.807) is 21.1 Å². The van der Waals surface area contributed by atoms with Gasteiger partial charge >= 0.3 is 5.97 Å². The van der Waals surface area contributed by atoms with Gasteiger partial charge in [0.2, 0.25) is 0 Å². The number of allylic oxidation sites excluding steroid dienone is 4. The minimum Gasteiger partial charge on any atom is -0.544 e. The van der Waals surface area contributed by atoms with Crippen LogP contribution in [-0.2, 0) is 19.1 Å². The minimum atomic E-state index is -1.12. The van der Waals surface area contributed by atoms with Crippen LogP contribution in [-0.4, -0.2) is 74.6 Å². The molecule has 0 spiro atoms. The molecule has 2 unspecified atom stereocenters. The highest BCUT2D eigenvalue weighted by Crippen LogP contribution is 2.09. The molecule has 32 heavy (non-hydrogen) atoms. The van der Waals surface area contributed by atoms with Gasteiger partial charge in [0.05, 0.1) is 40.3 Å². The molecule has 0 aromatic rings. The van der Waals surface area contributed by atoms with E-state index in [0.29, 0.717) is 6.42 Å². The fourth-order valence-corrected chi connectivity index (χ4v) is 3.16. The fourth-order valence-electron chi connectivity index (χ4n) is 3.16. The van der Waals surface area contributed by atoms with E-state index in [9.17, 15) is 19.8 Å². The molecule has 0 saturated heterocycles. The number of carbonyl (C=O) groups is 2. The first kappa shape index (κ1) is 30.3. The molecule has 1 N–H and O–H groups in total. The number of unbranched alkanes of at least 4 members (excludes halogenated alkanes) is 5. The Morgan fingerprint density at radius 2 is 1.62 bits per heavy atom. The summed E-state index contributed by atoms with van der Waals surface area (Å²) in [5.74, 6) is -1.43. The summed E-state index contributed by atoms with van der Waals surface area (Å²) in [5, 5.41) is 21.0. The first-order valence-corrected chi connectivity index (χ1v) is 11.9. The third-order valence-corrected chi connectivity index (χ3v) is 5.08. The lowest BCUT2D eigenvalue weighted by Crippen LogP contribution is -2.55. The van der Waals surface area contributed by atoms with Crippen molar-refractivity contribution in [2.45, 2.75) is 83.3 Å². The van der Waals surface area contributed by atoms with Crippen molar-refractivity contribution in [3.63, 3.8) is 0 Å². The average molecular weight is 456 g/mol. The fraction of sp³-hybridized carbons (Fsp3) is 0.760. The zero-order chi connectivity index (χ0) is 24.2. The third kappa shape index (κ3) is 17.9. The molecule has 0 aliphatic heterocycles. The molecule has 0 saturated carbocycles. The number of carboxylic acid groups (broad SMARTS) is 1. The van der Waals surface area contributed by atoms with E-state index in [-0.39, 0.29) is 36.7 Å². The number of rotatable bonds is 20. The summed E-state index contributed by atoms with van der Waals surface area (Å²) in [5.41, 5.74) is 0. The average Bonchev–Trinajstić information content (AvgIpc) is 2.71. The third-order valence-electron chi connectivity index (χ3n) is 5.08. The van der Waals surface area contributed by atoms with E-state index in [2.05, 4.69) is 31.2 Å². The maximum atomic E-state index is 11.8. The highest BCUT2D eigenvalue weighted by atomic mass is 16.5. The lowest BCUT2D eigenvalue weighted by molar-refractivity contribution is -0.889. The van der Waals surface area contributed by atoms with Gasteiger partial charge in [-0.3, -0.25) is 4.79 Å². The Morgan fingerprint density at radius 3 is 2.28 bits per heavy atom. The maximum Gasteiger partial charge on any atom is 0.305 e. The number of quaternary nitrogens is 1. The second kappa shape index (κ2) is 18.8. The summed E-state index contributed by atoms with van der Waals surface area (Å²) < 4.78 is 10.7. The lowest BCUT2D eigenvalue weighted by Gasteiger charge is -2.34. The van der Waals surface area contributed by atoms with Crippen LogP contribution in [0, 0.1) is 0 Å². The van der Waals surface area contributed by atoms with Gasteiger partial charge in [-0.05, 0) is 32.1 Å². The molecule has 0 fully saturated rings. The number of carboxylic acids is 1. The normalized spacial score (nSPS) is 14.2. The van der Waals surface area contributed by atoms with E-state index in [1.807, 2.05) is 0 Å². The van der Waals surface area contributed by atoms with Crippen LogP contribution in [0.5, 0.6) is 0 Å². The van der Waals surface area contributed by atoms with Crippen molar-refractivity contribution in [1.82, 2.24) is 0 Å². The second-order valence-electron chi connectivity index (χ2n) is 9.04. The van der Waals surface area contributed by atoms with Crippen LogP contribution in [0.25, 0.3) is 0 Å². The van der Waals surface area contributed by atoms with Crippen molar-refractivity contribution >= 4 is 11.9 Å². The molecular weight excluding hydrogens is 410 g/mol. The number of carbonyl (C=O) groups excluding carboxylic acids is 2. The molecule has 0 aromatic heterocycles. The van der Waals surface area contributed by atoms with Crippen LogP contribution in [0.1, 0.15) is 71.1 Å². The highest BCUT2D eigenvalue weighted by molar-refractivity contribution is 5.69. The predicted octanol–water partition coefficient (Wildman–Crippen LogP) is 2.77. The van der Waals surface area contributed by atoms with Crippen LogP contribution < -0.4 is 5.11 Å². The first-order valence-electron chi connectivity index (χ1n) is 11.9. The number of hydrogen-bond donors (Lipinski definition) is 1. The van der Waals surface area contributed by atoms with Crippen LogP contribution in [0.3, 0.4) is 0 Å². The summed E-state index contributed by atoms with van der Waals surface area (Å²) in [4.78, 5) is 23.0. The largest absolute Gasteiger partial charge is 0.544 e. The van der Waals surface area contributed by atoms with Crippen LogP contribution >= 0.6 is 0 Å². The number of nitrogens with zero attached hydrogens (tertiary/aromatic N) is 1. The number of ether oxygens (including phenoxy) is 2. The Bertz CT molecular complexity index is 553. The number of hydrogen-bond acceptors (Lipinski definition) is 6. The molecule has 0 aliphatic carbocycles. The molecule has 0 aliphatic rings. The Balaban J connectivity index is 3.65. The molecule has 0 aromatic carbocycles. The number of aliphatic hydroxyl groups is 1. The summed E-state index contributed by atoms with van der Waals surface area (Å²) in [6, 6.07) is -0.686. The minimum absolute atomic E-state index is 0.00642. The predicted molar refractivity (Wildman–Crippen MR) is 125 cm³/mol. The SMILES string of the molecule is CC/C=C/C/C=C/CCCCCCCC(=O)OCC(O)COCCC(C(=O)[O-])[N+](C)(C)C. The number of likely N-dealkylation sites (N-methyl/N-ethyl adjacent to an activating group) is 1. The number of aliphatic hydroxyl groups excluding tert-OH is 1. The Hall–Kier alpha value is -1.70. The van der Waals surface area contributed by atoms with Crippen molar-refractivity contribution in [2.75, 3.05) is 41.0 Å². The van der Waals surface area contributed by atoms with Crippen molar-refractivity contribution in [1.29, 1.82) is 0 Å². The molecule has 0 amide bonds. The monoisotopic (exact) mass is 455 g/mol. The second-order valence-corrected chi connectivity index (χ2v) is 9.04. The lowest BCUT2D eigenvalue weighted by atomic mass is 10.1. The van der Waals surface area contributed by atoms with E-state index >= 15 is 0 Å². The van der Waals surface area contributed by atoms with Crippen LogP contribution in [0.4, 0.5) is 0 Å². The van der Waals surface area contributed by atoms with Crippen LogP contribution in [0.2, 0.25) is 0 Å². The van der Waals surface area contributed by atoms with Gasteiger partial charge in [-0.1, -0.05) is 50.5 Å². The highest BCUT2D eigenvalue weighted by Gasteiger charge is 2.24. The van der Waals surface area contributed by atoms with Gasteiger partial charge in [0.15, 0.2) is 0 Å². The van der Waals surface area contributed by atoms with Crippen molar-refractivity contribution in [3.8, 4) is 0 Å². The van der Waals surface area contributed by atoms with Gasteiger partial charge in [0.25, 0.3) is 0 Å². The van der Waals surface area contributed by atoms with Crippen molar-refractivity contribution in [2.24, 2.45) is 0 Å². The van der Waals surface area contributed by atoms with Crippen molar-refractivity contribution < 1.29 is 33.8 Å². The van der Waals surface area contributed by atoms with Gasteiger partial charge in [-0.15, -0.1) is 0 Å². The molecule has 186 valence electrons. The first-order chi connectivity index (χ1) is 15.2. The van der Waals surface area contributed by atoms with Crippen molar-refractivity contribution in [3.05, 3.63) is 24.3 Å². The molecule has 0 heterocycles. The summed E-state index contributed by atoms with van der Waals surface area (Å²) in [6.45, 7) is 2.20. The standard InChI is InChI=1S/C25H45NO6/c1-5-6-7-8-9-10-11-12-13-14-15-16-17-24(28)32-21-22(27)20-31-19-18-23(25(29)30)26(2,3)4/h6-7,9-10,22-23,27H,5,8,11-21H2,1-4H3/b7-6+,10-9+. The number of esters is 1. The smallest absolute Gasteiger partial charge is 0.305 e. The van der Waals surface area contributed by atoms with E-state index in [0.717, 1.165) is 44.9 Å². The molecule has 0 radical (unpaired) electrons. The summed E-state index contributed by atoms with van der Waals surface area (Å²) in [6.07, 6.45) is 16.9. The van der Waals surface area contributed by atoms with Gasteiger partial charge in [0, 0.05) is 12.8 Å². The molecule has 7 nitrogen and oxygen atoms in total. The quantitative estimate of drug-likeness (QED) is 0.131. The Kier molecular flexibility index (Phi) is 17.8. The van der Waals surface area contributed by atoms with Gasteiger partial charge in [0.1, 0.15) is 18.8 Å². The number of aliphatic carboxylic acids is 1. The zero-order valence-corrected chi connectivity index (χ0v) is 20.6. The maximum absolute atomic E-state index is 11.8. The van der Waals surface area contributed by atoms with Gasteiger partial charge in [-0.25, -0.2) is 0 Å². The molecule has 7 heteroatoms. The molecule has 0 rings (SSSR count). The van der Waals surface area contributed by atoms with Crippen LogP contribution in [0.15, 0.2) is 24.3 Å². The zero-order valence-electron chi connectivity index (χ0n) is 20.6. The molecule has 2 atom stereocenters. The molecule has 0 bridgehead atoms. The summed E-state index contributed by atoms with van der Waals surface area (Å²) in [7, 11) is 5.34. The Morgan fingerprint density at radius 1 is 0.969 bits per heavy atom. The topological polar surface area (TPSA) is 95.9 Å².